The lowest BCUT2D eigenvalue weighted by Gasteiger charge is -2.41. The monoisotopic (exact) mass is 667 g/mol. The molecule has 1 aliphatic rings. The fourth-order valence-corrected chi connectivity index (χ4v) is 6.33. The van der Waals surface area contributed by atoms with Gasteiger partial charge in [0.25, 0.3) is 0 Å². The molecule has 7 nitrogen and oxygen atoms in total. The zero-order valence-corrected chi connectivity index (χ0v) is 29.7. The van der Waals surface area contributed by atoms with Gasteiger partial charge in [-0.25, -0.2) is 9.18 Å². The van der Waals surface area contributed by atoms with E-state index in [-0.39, 0.29) is 11.2 Å². The van der Waals surface area contributed by atoms with Crippen molar-refractivity contribution in [3.8, 4) is 16.9 Å². The summed E-state index contributed by atoms with van der Waals surface area (Å²) < 4.78 is 25.7. The second kappa shape index (κ2) is 15.5. The van der Waals surface area contributed by atoms with Crippen molar-refractivity contribution in [1.82, 2.24) is 10.3 Å². The van der Waals surface area contributed by atoms with Gasteiger partial charge in [0.2, 0.25) is 0 Å². The molecule has 0 amide bonds. The maximum Gasteiger partial charge on any atom is 0.337 e. The lowest BCUT2D eigenvalue weighted by Crippen LogP contribution is -2.39. The normalized spacial score (nSPS) is 15.2. The maximum absolute atomic E-state index is 13.3. The van der Waals surface area contributed by atoms with Gasteiger partial charge >= 0.3 is 5.97 Å². The van der Waals surface area contributed by atoms with Gasteiger partial charge in [0, 0.05) is 49.4 Å². The number of carboxylic acids is 1. The molecule has 8 heteroatoms. The van der Waals surface area contributed by atoms with Gasteiger partial charge in [-0.05, 0) is 86.9 Å². The molecule has 0 saturated carbocycles. The van der Waals surface area contributed by atoms with Crippen LogP contribution in [0.5, 0.6) is 5.75 Å². The second-order valence-electron chi connectivity index (χ2n) is 14.7. The van der Waals surface area contributed by atoms with Gasteiger partial charge in [-0.15, -0.1) is 0 Å². The molecule has 1 atom stereocenters. The van der Waals surface area contributed by atoms with Gasteiger partial charge in [-0.2, -0.15) is 0 Å². The molecule has 0 bridgehead atoms. The first-order chi connectivity index (χ1) is 23.3. The number of benzene rings is 3. The van der Waals surface area contributed by atoms with E-state index in [0.29, 0.717) is 37.4 Å². The highest BCUT2D eigenvalue weighted by Gasteiger charge is 2.37. The number of pyridine rings is 1. The van der Waals surface area contributed by atoms with Gasteiger partial charge in [-0.1, -0.05) is 68.4 Å². The van der Waals surface area contributed by atoms with E-state index in [1.165, 1.54) is 17.7 Å². The number of rotatable bonds is 13. The van der Waals surface area contributed by atoms with Crippen LogP contribution in [-0.4, -0.2) is 41.4 Å². The number of anilines is 1. The number of hydrogen-bond acceptors (Lipinski definition) is 6. The molecule has 1 unspecified atom stereocenters. The highest BCUT2D eigenvalue weighted by molar-refractivity contribution is 5.88. The first kappa shape index (κ1) is 36.0. The number of aliphatic carboxylic acids is 1. The molecule has 1 saturated heterocycles. The molecule has 5 rings (SSSR count). The third-order valence-corrected chi connectivity index (χ3v) is 9.04. The summed E-state index contributed by atoms with van der Waals surface area (Å²) in [6, 6.07) is 24.7. The molecule has 4 aromatic rings. The first-order valence-corrected chi connectivity index (χ1v) is 17.2. The summed E-state index contributed by atoms with van der Waals surface area (Å²) >= 11 is 0. The molecule has 49 heavy (non-hydrogen) atoms. The Morgan fingerprint density at radius 1 is 0.959 bits per heavy atom. The first-order valence-electron chi connectivity index (χ1n) is 17.2. The molecule has 0 spiro atoms. The highest BCUT2D eigenvalue weighted by Crippen LogP contribution is 2.45. The van der Waals surface area contributed by atoms with E-state index in [1.807, 2.05) is 70.2 Å². The molecule has 0 radical (unpaired) electrons. The topological polar surface area (TPSA) is 83.9 Å². The molecular formula is C41H50FN3O4. The summed E-state index contributed by atoms with van der Waals surface area (Å²) in [5, 5.41) is 14.2. The van der Waals surface area contributed by atoms with Crippen LogP contribution in [0.1, 0.15) is 81.6 Å². The van der Waals surface area contributed by atoms with E-state index >= 15 is 0 Å². The number of aromatic nitrogens is 1. The number of aryl methyl sites for hydroxylation is 1. The number of carboxylic acid groups (broad SMARTS) is 1. The number of piperidine rings is 1. The maximum atomic E-state index is 13.3. The van der Waals surface area contributed by atoms with Crippen molar-refractivity contribution >= 4 is 11.7 Å². The quantitative estimate of drug-likeness (QED) is 0.148. The van der Waals surface area contributed by atoms with Crippen molar-refractivity contribution in [3.63, 3.8) is 0 Å². The van der Waals surface area contributed by atoms with Crippen LogP contribution in [0.3, 0.4) is 0 Å². The number of carbonyl (C=O) groups is 1. The Morgan fingerprint density at radius 3 is 2.22 bits per heavy atom. The smallest absolute Gasteiger partial charge is 0.337 e. The highest BCUT2D eigenvalue weighted by atomic mass is 19.1. The minimum absolute atomic E-state index is 0.194. The Morgan fingerprint density at radius 2 is 1.61 bits per heavy atom. The fraction of sp³-hybridized carbons (Fsp3) is 0.415. The van der Waals surface area contributed by atoms with Crippen molar-refractivity contribution < 1.29 is 23.8 Å². The van der Waals surface area contributed by atoms with E-state index in [2.05, 4.69) is 36.2 Å². The zero-order valence-electron chi connectivity index (χ0n) is 29.7. The van der Waals surface area contributed by atoms with E-state index in [0.717, 1.165) is 59.8 Å². The van der Waals surface area contributed by atoms with Crippen LogP contribution in [-0.2, 0) is 29.0 Å². The third kappa shape index (κ3) is 9.67. The molecule has 3 aromatic carbocycles. The second-order valence-corrected chi connectivity index (χ2v) is 14.7. The fourth-order valence-electron chi connectivity index (χ4n) is 6.33. The molecule has 0 aliphatic carbocycles. The molecular weight excluding hydrogens is 617 g/mol. The van der Waals surface area contributed by atoms with Gasteiger partial charge in [0.15, 0.2) is 6.10 Å². The predicted octanol–water partition coefficient (Wildman–Crippen LogP) is 8.67. The standard InChI is InChI=1S/C41H50FN3O4/c1-28-35(38(39(46)47)49-40(2,3)4)37(45-23-21-41(5,6)22-24-45)36(34(44-28)27-43-26-30-10-8-7-9-11-30)31-14-18-33(19-15-31)48-25-20-29-12-16-32(42)17-13-29/h7-19,38,43H,20-27H2,1-6H3,(H,46,47). The number of nitrogens with zero attached hydrogens (tertiary/aromatic N) is 2. The molecule has 2 heterocycles. The van der Waals surface area contributed by atoms with Crippen molar-refractivity contribution in [3.05, 3.63) is 113 Å². The average molecular weight is 668 g/mol. The van der Waals surface area contributed by atoms with Gasteiger partial charge in [-0.3, -0.25) is 4.98 Å². The summed E-state index contributed by atoms with van der Waals surface area (Å²) in [4.78, 5) is 20.4. The largest absolute Gasteiger partial charge is 0.493 e. The third-order valence-electron chi connectivity index (χ3n) is 9.04. The van der Waals surface area contributed by atoms with Gasteiger partial charge in [0.05, 0.1) is 23.6 Å². The molecule has 1 aliphatic heterocycles. The summed E-state index contributed by atoms with van der Waals surface area (Å²) in [5.74, 6) is -0.573. The van der Waals surface area contributed by atoms with Gasteiger partial charge in [0.1, 0.15) is 11.6 Å². The number of hydrogen-bond donors (Lipinski definition) is 2. The van der Waals surface area contributed by atoms with Crippen molar-refractivity contribution in [2.24, 2.45) is 5.41 Å². The SMILES string of the molecule is Cc1nc(CNCc2ccccc2)c(-c2ccc(OCCc3ccc(F)cc3)cc2)c(N2CCC(C)(C)CC2)c1C(OC(C)(C)C)C(=O)O. The molecule has 1 fully saturated rings. The summed E-state index contributed by atoms with van der Waals surface area (Å²) in [5.41, 5.74) is 6.48. The summed E-state index contributed by atoms with van der Waals surface area (Å²) in [7, 11) is 0. The van der Waals surface area contributed by atoms with Crippen LogP contribution in [0.25, 0.3) is 11.1 Å². The molecule has 2 N–H and O–H groups in total. The van der Waals surface area contributed by atoms with Crippen LogP contribution in [0.15, 0.2) is 78.9 Å². The Labute approximate surface area is 290 Å². The Hall–Kier alpha value is -4.27. The summed E-state index contributed by atoms with van der Waals surface area (Å²) in [6.45, 7) is 15.3. The van der Waals surface area contributed by atoms with E-state index < -0.39 is 17.7 Å². The van der Waals surface area contributed by atoms with Crippen LogP contribution in [0.4, 0.5) is 10.1 Å². The van der Waals surface area contributed by atoms with Crippen LogP contribution >= 0.6 is 0 Å². The molecule has 1 aromatic heterocycles. The zero-order chi connectivity index (χ0) is 35.2. The van der Waals surface area contributed by atoms with Crippen LogP contribution < -0.4 is 15.0 Å². The Kier molecular flexibility index (Phi) is 11.4. The minimum atomic E-state index is -1.20. The predicted molar refractivity (Wildman–Crippen MR) is 193 cm³/mol. The Bertz CT molecular complexity index is 1690. The number of ether oxygens (including phenoxy) is 2. The van der Waals surface area contributed by atoms with Crippen molar-refractivity contribution in [2.45, 2.75) is 85.6 Å². The van der Waals surface area contributed by atoms with E-state index in [9.17, 15) is 14.3 Å². The number of halogens is 1. The van der Waals surface area contributed by atoms with Crippen molar-refractivity contribution in [1.29, 1.82) is 0 Å². The minimum Gasteiger partial charge on any atom is -0.493 e. The van der Waals surface area contributed by atoms with E-state index in [4.69, 9.17) is 14.5 Å². The summed E-state index contributed by atoms with van der Waals surface area (Å²) in [6.07, 6.45) is 1.42. The van der Waals surface area contributed by atoms with Crippen molar-refractivity contribution in [2.75, 3.05) is 24.6 Å². The molecule has 260 valence electrons. The Balaban J connectivity index is 1.57. The lowest BCUT2D eigenvalue weighted by atomic mass is 9.81. The van der Waals surface area contributed by atoms with E-state index in [1.54, 1.807) is 12.1 Å². The van der Waals surface area contributed by atoms with Crippen LogP contribution in [0.2, 0.25) is 0 Å². The average Bonchev–Trinajstić information content (AvgIpc) is 3.05. The lowest BCUT2D eigenvalue weighted by molar-refractivity contribution is -0.160. The van der Waals surface area contributed by atoms with Gasteiger partial charge < -0.3 is 24.8 Å². The van der Waals surface area contributed by atoms with Crippen LogP contribution in [0, 0.1) is 18.2 Å². The number of nitrogens with one attached hydrogen (secondary N) is 1.